The first-order valence-electron chi connectivity index (χ1n) is 10.3. The quantitative estimate of drug-likeness (QED) is 0.521. The lowest BCUT2D eigenvalue weighted by Crippen LogP contribution is -2.33. The summed E-state index contributed by atoms with van der Waals surface area (Å²) < 4.78 is 21.3. The van der Waals surface area contributed by atoms with Crippen LogP contribution in [0.4, 0.5) is 4.39 Å². The smallest absolute Gasteiger partial charge is 0.308 e. The van der Waals surface area contributed by atoms with Gasteiger partial charge < -0.3 is 14.4 Å². The second-order valence-electron chi connectivity index (χ2n) is 8.12. The summed E-state index contributed by atoms with van der Waals surface area (Å²) in [4.78, 5) is 12.9. The topological polar surface area (TPSA) is 51.5 Å². The Bertz CT molecular complexity index is 1010. The molecule has 6 heteroatoms. The monoisotopic (exact) mass is 427 g/mol. The van der Waals surface area contributed by atoms with Crippen LogP contribution in [-0.2, 0) is 16.1 Å². The number of carbonyl (C=O) groups is 1. The van der Waals surface area contributed by atoms with Gasteiger partial charge in [-0.25, -0.2) is 4.39 Å². The van der Waals surface area contributed by atoms with E-state index in [9.17, 15) is 14.3 Å². The molecule has 4 nitrogen and oxygen atoms in total. The van der Waals surface area contributed by atoms with E-state index in [1.54, 1.807) is 11.3 Å². The molecule has 2 unspecified atom stereocenters. The Hall–Kier alpha value is -2.44. The van der Waals surface area contributed by atoms with Crippen LogP contribution in [-0.4, -0.2) is 27.9 Å². The fourth-order valence-electron chi connectivity index (χ4n) is 4.14. The van der Waals surface area contributed by atoms with Gasteiger partial charge >= 0.3 is 5.97 Å². The molecule has 0 radical (unpaired) electrons. The molecule has 1 N–H and O–H groups in total. The third kappa shape index (κ3) is 4.35. The third-order valence-electron chi connectivity index (χ3n) is 5.53. The number of rotatable bonds is 6. The summed E-state index contributed by atoms with van der Waals surface area (Å²) in [5.41, 5.74) is 4.30. The maximum absolute atomic E-state index is 13.6. The van der Waals surface area contributed by atoms with Gasteiger partial charge in [0.1, 0.15) is 11.9 Å². The van der Waals surface area contributed by atoms with Crippen molar-refractivity contribution in [1.29, 1.82) is 0 Å². The van der Waals surface area contributed by atoms with Crippen LogP contribution in [0, 0.1) is 5.82 Å². The van der Waals surface area contributed by atoms with Crippen molar-refractivity contribution < 1.29 is 19.0 Å². The highest BCUT2D eigenvalue weighted by molar-refractivity contribution is 7.13. The number of aliphatic hydroxyl groups excluding tert-OH is 1. The van der Waals surface area contributed by atoms with E-state index in [2.05, 4.69) is 35.9 Å². The second kappa shape index (κ2) is 8.74. The Kier molecular flexibility index (Phi) is 6.06. The Balaban J connectivity index is 1.75. The zero-order valence-electron chi connectivity index (χ0n) is 17.2. The maximum Gasteiger partial charge on any atom is 0.308 e. The molecule has 1 aromatic carbocycles. The van der Waals surface area contributed by atoms with Gasteiger partial charge in [0.2, 0.25) is 0 Å². The molecule has 2 aromatic heterocycles. The number of aliphatic hydroxyl groups is 1. The van der Waals surface area contributed by atoms with E-state index in [1.165, 1.54) is 17.8 Å². The predicted octanol–water partition coefficient (Wildman–Crippen LogP) is 5.60. The fourth-order valence-corrected chi connectivity index (χ4v) is 4.88. The first-order chi connectivity index (χ1) is 14.4. The number of aromatic nitrogens is 1. The number of carbonyl (C=O) groups excluding carboxylic acids is 1. The van der Waals surface area contributed by atoms with Crippen molar-refractivity contribution >= 4 is 17.3 Å². The molecule has 2 atom stereocenters. The van der Waals surface area contributed by atoms with Crippen LogP contribution < -0.4 is 0 Å². The molecule has 1 aliphatic heterocycles. The van der Waals surface area contributed by atoms with Gasteiger partial charge in [-0.15, -0.1) is 11.3 Å². The Labute approximate surface area is 179 Å². The Morgan fingerprint density at radius 1 is 1.27 bits per heavy atom. The van der Waals surface area contributed by atoms with E-state index in [0.717, 1.165) is 21.7 Å². The fraction of sp³-hybridized carbons (Fsp3) is 0.375. The molecule has 158 valence electrons. The minimum Gasteiger partial charge on any atom is -0.462 e. The Morgan fingerprint density at radius 2 is 2.03 bits per heavy atom. The van der Waals surface area contributed by atoms with Crippen molar-refractivity contribution in [2.45, 2.75) is 57.8 Å². The summed E-state index contributed by atoms with van der Waals surface area (Å²) in [6.45, 7) is 4.96. The molecule has 3 heterocycles. The van der Waals surface area contributed by atoms with E-state index in [-0.39, 0.29) is 30.2 Å². The van der Waals surface area contributed by atoms with Crippen LogP contribution in [0.1, 0.15) is 44.7 Å². The van der Waals surface area contributed by atoms with Crippen LogP contribution in [0.3, 0.4) is 0 Å². The van der Waals surface area contributed by atoms with Crippen LogP contribution in [0.5, 0.6) is 0 Å². The third-order valence-corrected chi connectivity index (χ3v) is 6.44. The van der Waals surface area contributed by atoms with E-state index >= 15 is 0 Å². The van der Waals surface area contributed by atoms with Crippen LogP contribution >= 0.6 is 11.3 Å². The molecule has 4 rings (SSSR count). The summed E-state index contributed by atoms with van der Waals surface area (Å²) in [7, 11) is 0. The van der Waals surface area contributed by atoms with E-state index in [0.29, 0.717) is 19.4 Å². The largest absolute Gasteiger partial charge is 0.462 e. The lowest BCUT2D eigenvalue weighted by molar-refractivity contribution is -0.160. The van der Waals surface area contributed by atoms with Gasteiger partial charge in [-0.1, -0.05) is 19.9 Å². The standard InChI is InChI=1S/C24H26FNO3S/c1-15(2)21-14-20(22-4-3-11-30-22)24(16-5-7-17(25)8-6-16)26(21)10-9-19-12-18(27)13-23(28)29-19/h3-8,11,14-15,18-19,27H,9-10,12-13H2,1-2H3. The molecule has 1 aliphatic rings. The normalized spacial score (nSPS) is 19.3. The number of ether oxygens (including phenoxy) is 1. The molecule has 0 amide bonds. The number of halogens is 1. The number of nitrogens with zero attached hydrogens (tertiary/aromatic N) is 1. The van der Waals surface area contributed by atoms with Crippen molar-refractivity contribution in [3.63, 3.8) is 0 Å². The minimum absolute atomic E-state index is 0.0701. The number of cyclic esters (lactones) is 1. The highest BCUT2D eigenvalue weighted by Gasteiger charge is 2.28. The molecule has 1 saturated heterocycles. The zero-order chi connectivity index (χ0) is 21.3. The average Bonchev–Trinajstić information content (AvgIpc) is 3.34. The van der Waals surface area contributed by atoms with Crippen molar-refractivity contribution in [2.75, 3.05) is 0 Å². The number of hydrogen-bond acceptors (Lipinski definition) is 4. The number of thiophene rings is 1. The summed E-state index contributed by atoms with van der Waals surface area (Å²) in [6, 6.07) is 12.9. The SMILES string of the molecule is CC(C)c1cc(-c2cccs2)c(-c2ccc(F)cc2)n1CCC1CC(O)CC(=O)O1. The van der Waals surface area contributed by atoms with Gasteiger partial charge in [-0.05, 0) is 53.3 Å². The summed E-state index contributed by atoms with van der Waals surface area (Å²) in [5.74, 6) is -0.313. The van der Waals surface area contributed by atoms with Gasteiger partial charge in [-0.2, -0.15) is 0 Å². The number of esters is 1. The summed E-state index contributed by atoms with van der Waals surface area (Å²) >= 11 is 1.68. The van der Waals surface area contributed by atoms with Gasteiger partial charge in [0.25, 0.3) is 0 Å². The van der Waals surface area contributed by atoms with Crippen LogP contribution in [0.25, 0.3) is 21.7 Å². The lowest BCUT2D eigenvalue weighted by atomic mass is 10.0. The highest BCUT2D eigenvalue weighted by atomic mass is 32.1. The van der Waals surface area contributed by atoms with Gasteiger partial charge in [-0.3, -0.25) is 4.79 Å². The van der Waals surface area contributed by atoms with Crippen molar-refractivity contribution in [3.8, 4) is 21.7 Å². The Morgan fingerprint density at radius 3 is 2.67 bits per heavy atom. The molecule has 3 aromatic rings. The second-order valence-corrected chi connectivity index (χ2v) is 9.06. The molecule has 30 heavy (non-hydrogen) atoms. The highest BCUT2D eigenvalue weighted by Crippen LogP contribution is 2.40. The lowest BCUT2D eigenvalue weighted by Gasteiger charge is -2.27. The predicted molar refractivity (Wildman–Crippen MR) is 117 cm³/mol. The summed E-state index contributed by atoms with van der Waals surface area (Å²) in [5, 5.41) is 12.0. The molecule has 0 spiro atoms. The molecule has 0 aliphatic carbocycles. The molecule has 0 bridgehead atoms. The molecular weight excluding hydrogens is 401 g/mol. The first-order valence-corrected chi connectivity index (χ1v) is 11.2. The zero-order valence-corrected chi connectivity index (χ0v) is 18.0. The van der Waals surface area contributed by atoms with Gasteiger partial charge in [0.05, 0.1) is 18.2 Å². The number of benzene rings is 1. The number of hydrogen-bond donors (Lipinski definition) is 1. The van der Waals surface area contributed by atoms with Crippen molar-refractivity contribution in [3.05, 3.63) is 59.4 Å². The molecular formula is C24H26FNO3S. The first kappa shape index (κ1) is 20.8. The average molecular weight is 428 g/mol. The summed E-state index contributed by atoms with van der Waals surface area (Å²) in [6.07, 6.45) is 0.225. The minimum atomic E-state index is -0.635. The van der Waals surface area contributed by atoms with Crippen LogP contribution in [0.2, 0.25) is 0 Å². The van der Waals surface area contributed by atoms with Crippen LogP contribution in [0.15, 0.2) is 47.8 Å². The van der Waals surface area contributed by atoms with Crippen molar-refractivity contribution in [1.82, 2.24) is 4.57 Å². The van der Waals surface area contributed by atoms with E-state index in [4.69, 9.17) is 4.74 Å². The van der Waals surface area contributed by atoms with Gasteiger partial charge in [0, 0.05) is 35.5 Å². The van der Waals surface area contributed by atoms with E-state index in [1.807, 2.05) is 18.2 Å². The van der Waals surface area contributed by atoms with E-state index < -0.39 is 6.10 Å². The maximum atomic E-state index is 13.6. The van der Waals surface area contributed by atoms with Crippen molar-refractivity contribution in [2.24, 2.45) is 0 Å². The molecule has 1 fully saturated rings. The molecule has 0 saturated carbocycles. The van der Waals surface area contributed by atoms with Gasteiger partial charge in [0.15, 0.2) is 0 Å².